The highest BCUT2D eigenvalue weighted by molar-refractivity contribution is 6.12. The number of hydrogen-bond donors (Lipinski definition) is 1. The number of benzene rings is 1. The van der Waals surface area contributed by atoms with Crippen molar-refractivity contribution in [1.29, 1.82) is 0 Å². The van der Waals surface area contributed by atoms with Crippen molar-refractivity contribution in [3.63, 3.8) is 0 Å². The van der Waals surface area contributed by atoms with E-state index in [9.17, 15) is 14.4 Å². The molecule has 8 heteroatoms. The van der Waals surface area contributed by atoms with Crippen molar-refractivity contribution in [1.82, 2.24) is 15.1 Å². The quantitative estimate of drug-likeness (QED) is 0.667. The summed E-state index contributed by atoms with van der Waals surface area (Å²) < 4.78 is 6.49. The van der Waals surface area contributed by atoms with Crippen LogP contribution < -0.4 is 10.2 Å². The molecule has 0 saturated heterocycles. The molecule has 0 spiro atoms. The summed E-state index contributed by atoms with van der Waals surface area (Å²) in [6, 6.07) is 7.25. The van der Waals surface area contributed by atoms with E-state index in [2.05, 4.69) is 24.3 Å². The molecule has 8 nitrogen and oxygen atoms in total. The highest BCUT2D eigenvalue weighted by atomic mass is 16.5. The topological polar surface area (TPSA) is 93.5 Å². The van der Waals surface area contributed by atoms with Crippen molar-refractivity contribution in [3.8, 4) is 0 Å². The summed E-state index contributed by atoms with van der Waals surface area (Å²) >= 11 is 0. The average Bonchev–Trinajstić information content (AvgIpc) is 3.14. The summed E-state index contributed by atoms with van der Waals surface area (Å²) in [5, 5.41) is 7.28. The van der Waals surface area contributed by atoms with Gasteiger partial charge in [0.15, 0.2) is 5.69 Å². The zero-order valence-corrected chi connectivity index (χ0v) is 19.7. The summed E-state index contributed by atoms with van der Waals surface area (Å²) in [7, 11) is 0. The van der Waals surface area contributed by atoms with Crippen LogP contribution in [0.15, 0.2) is 24.3 Å². The Labute approximate surface area is 188 Å². The van der Waals surface area contributed by atoms with Crippen molar-refractivity contribution >= 4 is 23.5 Å². The molecule has 0 saturated carbocycles. The fourth-order valence-electron chi connectivity index (χ4n) is 3.89. The van der Waals surface area contributed by atoms with E-state index in [1.54, 1.807) is 18.7 Å². The van der Waals surface area contributed by atoms with E-state index in [0.717, 1.165) is 17.5 Å². The van der Waals surface area contributed by atoms with Gasteiger partial charge in [-0.2, -0.15) is 5.10 Å². The summed E-state index contributed by atoms with van der Waals surface area (Å²) in [4.78, 5) is 40.9. The number of carbonyl (C=O) groups excluding carboxylic acids is 3. The number of nitrogens with one attached hydrogen (secondary N) is 1. The first kappa shape index (κ1) is 23.5. The first-order valence-electron chi connectivity index (χ1n) is 11.0. The van der Waals surface area contributed by atoms with Gasteiger partial charge in [-0.1, -0.05) is 26.0 Å². The largest absolute Gasteiger partial charge is 0.461 e. The van der Waals surface area contributed by atoms with Crippen molar-refractivity contribution in [2.75, 3.05) is 18.1 Å². The van der Waals surface area contributed by atoms with Gasteiger partial charge in [0.05, 0.1) is 13.2 Å². The van der Waals surface area contributed by atoms with Gasteiger partial charge >= 0.3 is 5.97 Å². The van der Waals surface area contributed by atoms with Crippen LogP contribution in [0.2, 0.25) is 0 Å². The van der Waals surface area contributed by atoms with Crippen molar-refractivity contribution in [2.24, 2.45) is 5.92 Å². The maximum atomic E-state index is 13.7. The number of anilines is 1. The number of ether oxygens (including phenoxy) is 1. The van der Waals surface area contributed by atoms with Crippen LogP contribution in [0.3, 0.4) is 0 Å². The van der Waals surface area contributed by atoms with E-state index >= 15 is 0 Å². The highest BCUT2D eigenvalue weighted by Gasteiger charge is 2.49. The first-order chi connectivity index (χ1) is 15.1. The molecule has 0 fully saturated rings. The molecule has 32 heavy (non-hydrogen) atoms. The fraction of sp³-hybridized carbons (Fsp3) is 0.500. The lowest BCUT2D eigenvalue weighted by Crippen LogP contribution is -2.64. The van der Waals surface area contributed by atoms with E-state index in [1.165, 1.54) is 10.7 Å². The molecule has 0 bridgehead atoms. The van der Waals surface area contributed by atoms with E-state index < -0.39 is 11.5 Å². The predicted octanol–water partition coefficient (Wildman–Crippen LogP) is 3.26. The lowest BCUT2D eigenvalue weighted by molar-refractivity contribution is -0.126. The standard InChI is InChI=1S/C24H32N4O4/c1-7-32-22(30)18-13-20-21(29)28(19-12-16(4)8-9-17(19)5)24(6,14-27(20)26-18)23(31)25-11-10-15(2)3/h8-9,12-13,15H,7,10-11,14H2,1-6H3,(H,25,31). The monoisotopic (exact) mass is 440 g/mol. The molecule has 0 radical (unpaired) electrons. The fourth-order valence-corrected chi connectivity index (χ4v) is 3.89. The Morgan fingerprint density at radius 3 is 2.62 bits per heavy atom. The molecular weight excluding hydrogens is 408 g/mol. The van der Waals surface area contributed by atoms with Crippen molar-refractivity contribution in [3.05, 3.63) is 46.8 Å². The Kier molecular flexibility index (Phi) is 6.71. The molecule has 1 N–H and O–H groups in total. The Hall–Kier alpha value is -3.16. The number of esters is 1. The summed E-state index contributed by atoms with van der Waals surface area (Å²) in [5.41, 5.74) is 1.61. The van der Waals surface area contributed by atoms with E-state index in [0.29, 0.717) is 18.2 Å². The second-order valence-corrected chi connectivity index (χ2v) is 8.94. The third-order valence-electron chi connectivity index (χ3n) is 5.74. The number of carbonyl (C=O) groups is 3. The van der Waals surface area contributed by atoms with Crippen LogP contribution in [0.5, 0.6) is 0 Å². The third kappa shape index (κ3) is 4.40. The molecular formula is C24H32N4O4. The maximum absolute atomic E-state index is 13.7. The van der Waals surface area contributed by atoms with E-state index in [4.69, 9.17) is 4.74 Å². The Balaban J connectivity index is 2.08. The molecule has 1 atom stereocenters. The number of amides is 2. The Bertz CT molecular complexity index is 1040. The summed E-state index contributed by atoms with van der Waals surface area (Å²) in [6.45, 7) is 12.3. The SMILES string of the molecule is CCOC(=O)c1cc2n(n1)CC(C)(C(=O)NCCC(C)C)N(c1cc(C)ccc1C)C2=O. The van der Waals surface area contributed by atoms with Gasteiger partial charge in [-0.25, -0.2) is 4.79 Å². The molecule has 2 amide bonds. The van der Waals surface area contributed by atoms with Gasteiger partial charge in [0.2, 0.25) is 5.91 Å². The van der Waals surface area contributed by atoms with Gasteiger partial charge in [-0.15, -0.1) is 0 Å². The second-order valence-electron chi connectivity index (χ2n) is 8.94. The third-order valence-corrected chi connectivity index (χ3v) is 5.74. The molecule has 0 aliphatic carbocycles. The number of hydrogen-bond acceptors (Lipinski definition) is 5. The van der Waals surface area contributed by atoms with E-state index in [1.807, 2.05) is 32.0 Å². The molecule has 1 unspecified atom stereocenters. The molecule has 1 aromatic heterocycles. The lowest BCUT2D eigenvalue weighted by Gasteiger charge is -2.43. The minimum atomic E-state index is -1.22. The molecule has 3 rings (SSSR count). The lowest BCUT2D eigenvalue weighted by atomic mass is 9.92. The highest BCUT2D eigenvalue weighted by Crippen LogP contribution is 2.35. The van der Waals surface area contributed by atoms with Gasteiger partial charge in [0, 0.05) is 18.3 Å². The number of fused-ring (bicyclic) bond motifs is 1. The molecule has 2 aromatic rings. The number of nitrogens with zero attached hydrogens (tertiary/aromatic N) is 3. The average molecular weight is 441 g/mol. The zero-order chi connectivity index (χ0) is 23.6. The van der Waals surface area contributed by atoms with Gasteiger partial charge in [0.1, 0.15) is 11.2 Å². The van der Waals surface area contributed by atoms with Gasteiger partial charge < -0.3 is 10.1 Å². The number of aryl methyl sites for hydroxylation is 2. The van der Waals surface area contributed by atoms with Crippen LogP contribution in [0.25, 0.3) is 0 Å². The molecule has 1 aromatic carbocycles. The van der Waals surface area contributed by atoms with Crippen LogP contribution >= 0.6 is 0 Å². The molecule has 2 heterocycles. The van der Waals surface area contributed by atoms with E-state index in [-0.39, 0.29) is 36.4 Å². The van der Waals surface area contributed by atoms with Crippen LogP contribution in [0.4, 0.5) is 5.69 Å². The van der Waals surface area contributed by atoms with Gasteiger partial charge in [-0.3, -0.25) is 19.2 Å². The van der Waals surface area contributed by atoms with Crippen LogP contribution in [-0.2, 0) is 16.1 Å². The zero-order valence-electron chi connectivity index (χ0n) is 19.7. The smallest absolute Gasteiger partial charge is 0.358 e. The molecule has 172 valence electrons. The normalized spacial score (nSPS) is 18.0. The minimum absolute atomic E-state index is 0.0561. The molecule has 1 aliphatic heterocycles. The first-order valence-corrected chi connectivity index (χ1v) is 11.0. The predicted molar refractivity (Wildman–Crippen MR) is 122 cm³/mol. The van der Waals surface area contributed by atoms with Crippen LogP contribution in [0.1, 0.15) is 66.2 Å². The Morgan fingerprint density at radius 2 is 1.97 bits per heavy atom. The van der Waals surface area contributed by atoms with Crippen molar-refractivity contribution < 1.29 is 19.1 Å². The summed E-state index contributed by atoms with van der Waals surface area (Å²) in [6.07, 6.45) is 0.833. The Morgan fingerprint density at radius 1 is 1.25 bits per heavy atom. The second kappa shape index (κ2) is 9.14. The molecule has 1 aliphatic rings. The number of aromatic nitrogens is 2. The summed E-state index contributed by atoms with van der Waals surface area (Å²) in [5.74, 6) is -0.791. The van der Waals surface area contributed by atoms with Gasteiger partial charge in [0.25, 0.3) is 5.91 Å². The number of rotatable bonds is 7. The van der Waals surface area contributed by atoms with Crippen molar-refractivity contribution in [2.45, 2.75) is 60.0 Å². The van der Waals surface area contributed by atoms with Gasteiger partial charge in [-0.05, 0) is 57.2 Å². The maximum Gasteiger partial charge on any atom is 0.358 e. The minimum Gasteiger partial charge on any atom is -0.461 e. The van der Waals surface area contributed by atoms with Crippen LogP contribution in [0, 0.1) is 19.8 Å². The van der Waals surface area contributed by atoms with Crippen LogP contribution in [-0.4, -0.2) is 46.3 Å².